The lowest BCUT2D eigenvalue weighted by Crippen LogP contribution is -2.28. The van der Waals surface area contributed by atoms with Crippen molar-refractivity contribution in [2.75, 3.05) is 0 Å². The predicted molar refractivity (Wildman–Crippen MR) is 70.0 cm³/mol. The second-order valence-corrected chi connectivity index (χ2v) is 3.39. The minimum atomic E-state index is -0.575. The number of benzene rings is 1. The molecule has 0 saturated carbocycles. The summed E-state index contributed by atoms with van der Waals surface area (Å²) >= 11 is 0. The first kappa shape index (κ1) is 13.3. The summed E-state index contributed by atoms with van der Waals surface area (Å²) in [7, 11) is 0. The monoisotopic (exact) mass is 249 g/mol. The molecule has 0 atom stereocenters. The maximum atomic E-state index is 10.5. The second-order valence-electron chi connectivity index (χ2n) is 3.39. The number of urea groups is 1. The van der Waals surface area contributed by atoms with Gasteiger partial charge in [-0.15, -0.1) is 0 Å². The van der Waals surface area contributed by atoms with Gasteiger partial charge in [0.2, 0.25) is 5.96 Å². The summed E-state index contributed by atoms with van der Waals surface area (Å²) in [4.78, 5) is 18.1. The van der Waals surface area contributed by atoms with Crippen molar-refractivity contribution in [3.8, 4) is 0 Å². The van der Waals surface area contributed by atoms with Gasteiger partial charge in [-0.25, -0.2) is 9.79 Å². The van der Waals surface area contributed by atoms with Crippen LogP contribution in [0.1, 0.15) is 5.56 Å². The lowest BCUT2D eigenvalue weighted by Gasteiger charge is -2.02. The Morgan fingerprint density at radius 2 is 1.72 bits per heavy atom. The molecule has 0 radical (unpaired) electrons. The highest BCUT2D eigenvalue weighted by molar-refractivity contribution is 5.93. The quantitative estimate of drug-likeness (QED) is 0.346. The Morgan fingerprint density at radius 3 is 2.22 bits per heavy atom. The number of aliphatic imine (C=N–C) groups is 2. The van der Waals surface area contributed by atoms with Crippen LogP contribution >= 0.6 is 0 Å². The normalized spacial score (nSPS) is 10.8. The van der Waals surface area contributed by atoms with E-state index >= 15 is 0 Å². The van der Waals surface area contributed by atoms with Crippen LogP contribution in [0.15, 0.2) is 34.3 Å². The van der Waals surface area contributed by atoms with Gasteiger partial charge in [0.15, 0.2) is 5.96 Å². The molecular formula is C10H15N7O. The number of nitrogens with zero attached hydrogens (tertiary/aromatic N) is 2. The van der Waals surface area contributed by atoms with Crippen molar-refractivity contribution in [3.05, 3.63) is 29.8 Å². The molecule has 9 N–H and O–H groups in total. The zero-order valence-electron chi connectivity index (χ0n) is 9.63. The van der Waals surface area contributed by atoms with Gasteiger partial charge in [-0.3, -0.25) is 0 Å². The Morgan fingerprint density at radius 1 is 1.11 bits per heavy atom. The summed E-state index contributed by atoms with van der Waals surface area (Å²) in [6.45, 7) is 0.350. The molecule has 0 bridgehead atoms. The second kappa shape index (κ2) is 6.09. The van der Waals surface area contributed by atoms with Crippen molar-refractivity contribution >= 4 is 23.6 Å². The van der Waals surface area contributed by atoms with Crippen LogP contribution in [0.2, 0.25) is 0 Å². The minimum absolute atomic E-state index is 0.0296. The van der Waals surface area contributed by atoms with E-state index in [0.717, 1.165) is 5.56 Å². The molecular weight excluding hydrogens is 234 g/mol. The zero-order chi connectivity index (χ0) is 13.5. The maximum Gasteiger partial charge on any atom is 0.312 e. The van der Waals surface area contributed by atoms with Gasteiger partial charge >= 0.3 is 6.03 Å². The molecule has 1 aromatic rings. The average molecular weight is 249 g/mol. The van der Waals surface area contributed by atoms with E-state index in [9.17, 15) is 4.79 Å². The van der Waals surface area contributed by atoms with Gasteiger partial charge in [0.25, 0.3) is 0 Å². The van der Waals surface area contributed by atoms with Crippen LogP contribution in [-0.4, -0.2) is 18.0 Å². The van der Waals surface area contributed by atoms with E-state index in [4.69, 9.17) is 22.9 Å². The van der Waals surface area contributed by atoms with Gasteiger partial charge in [-0.05, 0) is 17.7 Å². The molecule has 8 heteroatoms. The van der Waals surface area contributed by atoms with E-state index in [0.29, 0.717) is 12.2 Å². The average Bonchev–Trinajstić information content (AvgIpc) is 2.26. The third-order valence-electron chi connectivity index (χ3n) is 1.89. The van der Waals surface area contributed by atoms with E-state index in [-0.39, 0.29) is 11.9 Å². The summed E-state index contributed by atoms with van der Waals surface area (Å²) in [6, 6.07) is 6.41. The highest BCUT2D eigenvalue weighted by Gasteiger charge is 1.96. The topological polar surface area (TPSA) is 158 Å². The Kier molecular flexibility index (Phi) is 4.50. The molecule has 96 valence electrons. The third kappa shape index (κ3) is 4.84. The number of primary amides is 1. The molecule has 8 nitrogen and oxygen atoms in total. The number of amides is 2. The van der Waals surface area contributed by atoms with Crippen LogP contribution in [0.3, 0.4) is 0 Å². The van der Waals surface area contributed by atoms with Gasteiger partial charge in [-0.2, -0.15) is 4.99 Å². The predicted octanol–water partition coefficient (Wildman–Crippen LogP) is -0.925. The molecule has 0 saturated heterocycles. The van der Waals surface area contributed by atoms with Crippen LogP contribution in [0.4, 0.5) is 10.5 Å². The number of nitrogens with two attached hydrogens (primary N) is 4. The Bertz CT molecular complexity index is 474. The van der Waals surface area contributed by atoms with Crippen LogP contribution in [0.5, 0.6) is 0 Å². The molecule has 0 fully saturated rings. The number of guanidine groups is 2. The first-order valence-electron chi connectivity index (χ1n) is 5.03. The first-order chi connectivity index (χ1) is 8.47. The smallest absolute Gasteiger partial charge is 0.312 e. The maximum absolute atomic E-state index is 10.5. The lowest BCUT2D eigenvalue weighted by atomic mass is 10.2. The summed E-state index contributed by atoms with van der Waals surface area (Å²) in [6.07, 6.45) is 0. The van der Waals surface area contributed by atoms with E-state index in [1.54, 1.807) is 24.3 Å². The third-order valence-corrected chi connectivity index (χ3v) is 1.89. The highest BCUT2D eigenvalue weighted by Crippen LogP contribution is 2.12. The number of hydrogen-bond donors (Lipinski definition) is 5. The van der Waals surface area contributed by atoms with Crippen LogP contribution < -0.4 is 28.3 Å². The molecule has 0 aliphatic rings. The van der Waals surface area contributed by atoms with Gasteiger partial charge in [0.05, 0.1) is 5.69 Å². The van der Waals surface area contributed by atoms with Crippen molar-refractivity contribution in [1.82, 2.24) is 5.32 Å². The summed E-state index contributed by atoms with van der Waals surface area (Å²) in [5.74, 6) is -0.184. The van der Waals surface area contributed by atoms with E-state index in [1.165, 1.54) is 0 Å². The van der Waals surface area contributed by atoms with Crippen LogP contribution in [0.25, 0.3) is 0 Å². The van der Waals surface area contributed by atoms with Crippen molar-refractivity contribution in [1.29, 1.82) is 0 Å². The van der Waals surface area contributed by atoms with Crippen molar-refractivity contribution in [2.45, 2.75) is 6.54 Å². The zero-order valence-corrected chi connectivity index (χ0v) is 9.63. The fourth-order valence-electron chi connectivity index (χ4n) is 1.17. The molecule has 0 aliphatic carbocycles. The summed E-state index contributed by atoms with van der Waals surface area (Å²) in [5, 5.41) is 2.47. The molecule has 1 aromatic carbocycles. The van der Waals surface area contributed by atoms with Gasteiger partial charge in [0.1, 0.15) is 0 Å². The number of carbonyl (C=O) groups is 1. The van der Waals surface area contributed by atoms with Gasteiger partial charge < -0.3 is 28.3 Å². The Labute approximate surface area is 104 Å². The van der Waals surface area contributed by atoms with Crippen molar-refractivity contribution in [3.63, 3.8) is 0 Å². The molecule has 0 aromatic heterocycles. The molecule has 0 aliphatic heterocycles. The van der Waals surface area contributed by atoms with Crippen LogP contribution in [-0.2, 0) is 6.54 Å². The van der Waals surface area contributed by atoms with Crippen LogP contribution in [0, 0.1) is 0 Å². The highest BCUT2D eigenvalue weighted by atomic mass is 16.2. The fraction of sp³-hybridized carbons (Fsp3) is 0.100. The van der Waals surface area contributed by atoms with Crippen molar-refractivity contribution < 1.29 is 4.79 Å². The van der Waals surface area contributed by atoms with Crippen molar-refractivity contribution in [2.24, 2.45) is 32.9 Å². The lowest BCUT2D eigenvalue weighted by molar-refractivity contribution is 0.248. The van der Waals surface area contributed by atoms with Gasteiger partial charge in [-0.1, -0.05) is 12.1 Å². The molecule has 18 heavy (non-hydrogen) atoms. The van der Waals surface area contributed by atoms with E-state index in [1.807, 2.05) is 0 Å². The minimum Gasteiger partial charge on any atom is -0.370 e. The number of hydrogen-bond acceptors (Lipinski definition) is 2. The SMILES string of the molecule is NC(=O)NCc1ccc(N=C(N)N=C(N)N)cc1. The molecule has 2 amide bonds. The number of carbonyl (C=O) groups excluding carboxylic acids is 1. The number of rotatable bonds is 3. The van der Waals surface area contributed by atoms with E-state index < -0.39 is 6.03 Å². The van der Waals surface area contributed by atoms with Gasteiger partial charge in [0, 0.05) is 6.54 Å². The fourth-order valence-corrected chi connectivity index (χ4v) is 1.17. The first-order valence-corrected chi connectivity index (χ1v) is 5.03. The Balaban J connectivity index is 2.71. The Hall–Kier alpha value is -2.77. The molecule has 0 spiro atoms. The standard InChI is InChI=1S/C10H15N7O/c11-8(12)17-9(13)16-7-3-1-6(2-4-7)5-15-10(14)18/h1-4H,5H2,(H3,14,15,18)(H6,11,12,13,16,17). The molecule has 0 heterocycles. The van der Waals surface area contributed by atoms with E-state index in [2.05, 4.69) is 15.3 Å². The number of nitrogens with one attached hydrogen (secondary N) is 1. The molecule has 1 rings (SSSR count). The largest absolute Gasteiger partial charge is 0.370 e. The summed E-state index contributed by atoms with van der Waals surface area (Å²) < 4.78 is 0. The molecule has 0 unspecified atom stereocenters. The summed E-state index contributed by atoms with van der Waals surface area (Å²) in [5.41, 5.74) is 22.2.